The van der Waals surface area contributed by atoms with E-state index in [1.54, 1.807) is 0 Å². The Hall–Kier alpha value is -2.15. The van der Waals surface area contributed by atoms with Gasteiger partial charge in [0.1, 0.15) is 11.3 Å². The van der Waals surface area contributed by atoms with Crippen LogP contribution in [0.1, 0.15) is 0 Å². The maximum atomic E-state index is 5.68. The number of nitrogens with zero attached hydrogens (tertiary/aromatic N) is 3. The van der Waals surface area contributed by atoms with Gasteiger partial charge in [-0.3, -0.25) is 0 Å². The lowest BCUT2D eigenvalue weighted by Gasteiger charge is -2.06. The molecule has 2 aromatic heterocycles. The highest BCUT2D eigenvalue weighted by molar-refractivity contribution is 9.10. The highest BCUT2D eigenvalue weighted by Gasteiger charge is 2.10. The van der Waals surface area contributed by atoms with E-state index in [1.165, 1.54) is 6.33 Å². The first-order valence-corrected chi connectivity index (χ1v) is 5.92. The van der Waals surface area contributed by atoms with Crippen LogP contribution in [-0.2, 0) is 0 Å². The average molecular weight is 306 g/mol. The molecule has 0 bridgehead atoms. The van der Waals surface area contributed by atoms with E-state index in [-0.39, 0.29) is 5.95 Å². The highest BCUT2D eigenvalue weighted by Crippen LogP contribution is 2.27. The van der Waals surface area contributed by atoms with Gasteiger partial charge in [-0.2, -0.15) is 9.97 Å². The Labute approximate surface area is 110 Å². The van der Waals surface area contributed by atoms with Gasteiger partial charge in [0.25, 0.3) is 5.88 Å². The Kier molecular flexibility index (Phi) is 2.60. The standard InChI is InChI=1S/C11H8BrN5O/c12-6-2-1-3-7(4-6)18-10-8-9(15-5-14-8)16-11(13)17-10/h1-5H,(H3,13,14,15,16,17). The number of rotatable bonds is 2. The molecule has 18 heavy (non-hydrogen) atoms. The number of hydrogen-bond acceptors (Lipinski definition) is 5. The molecular weight excluding hydrogens is 298 g/mol. The van der Waals surface area contributed by atoms with E-state index in [2.05, 4.69) is 35.9 Å². The number of imidazole rings is 1. The van der Waals surface area contributed by atoms with Crippen LogP contribution < -0.4 is 10.5 Å². The number of benzene rings is 1. The van der Waals surface area contributed by atoms with Crippen LogP contribution in [0.4, 0.5) is 5.95 Å². The second-order valence-electron chi connectivity index (χ2n) is 3.55. The molecule has 0 spiro atoms. The smallest absolute Gasteiger partial charge is 0.250 e. The monoisotopic (exact) mass is 305 g/mol. The van der Waals surface area contributed by atoms with E-state index < -0.39 is 0 Å². The number of halogens is 1. The van der Waals surface area contributed by atoms with E-state index in [0.717, 1.165) is 4.47 Å². The van der Waals surface area contributed by atoms with Crippen molar-refractivity contribution in [1.29, 1.82) is 0 Å². The zero-order chi connectivity index (χ0) is 12.5. The quantitative estimate of drug-likeness (QED) is 0.759. The molecule has 90 valence electrons. The van der Waals surface area contributed by atoms with E-state index in [1.807, 2.05) is 24.3 Å². The fraction of sp³-hybridized carbons (Fsp3) is 0. The maximum Gasteiger partial charge on any atom is 0.250 e. The molecule has 3 rings (SSSR count). The van der Waals surface area contributed by atoms with Crippen molar-refractivity contribution in [3.8, 4) is 11.6 Å². The summed E-state index contributed by atoms with van der Waals surface area (Å²) in [5.74, 6) is 1.13. The first kappa shape index (κ1) is 11.0. The molecule has 0 atom stereocenters. The predicted octanol–water partition coefficient (Wildman–Crippen LogP) is 2.49. The minimum Gasteiger partial charge on any atom is -0.437 e. The van der Waals surface area contributed by atoms with Gasteiger partial charge in [-0.25, -0.2) is 4.98 Å². The van der Waals surface area contributed by atoms with Gasteiger partial charge in [-0.05, 0) is 18.2 Å². The second-order valence-corrected chi connectivity index (χ2v) is 4.46. The Balaban J connectivity index is 2.06. The third kappa shape index (κ3) is 2.00. The number of aromatic amines is 1. The summed E-state index contributed by atoms with van der Waals surface area (Å²) in [7, 11) is 0. The van der Waals surface area contributed by atoms with Crippen LogP contribution in [0.15, 0.2) is 35.1 Å². The summed E-state index contributed by atoms with van der Waals surface area (Å²) in [6.07, 6.45) is 1.52. The van der Waals surface area contributed by atoms with Gasteiger partial charge < -0.3 is 15.5 Å². The number of aromatic nitrogens is 4. The Morgan fingerprint density at radius 3 is 3.00 bits per heavy atom. The molecule has 0 aliphatic carbocycles. The molecule has 3 aromatic rings. The van der Waals surface area contributed by atoms with Crippen molar-refractivity contribution in [2.45, 2.75) is 0 Å². The van der Waals surface area contributed by atoms with Crippen molar-refractivity contribution in [3.63, 3.8) is 0 Å². The third-order valence-electron chi connectivity index (χ3n) is 2.28. The first-order valence-electron chi connectivity index (χ1n) is 5.12. The number of ether oxygens (including phenoxy) is 1. The van der Waals surface area contributed by atoms with Crippen molar-refractivity contribution in [3.05, 3.63) is 35.1 Å². The molecule has 0 saturated carbocycles. The van der Waals surface area contributed by atoms with Crippen LogP contribution in [0.5, 0.6) is 11.6 Å². The lowest BCUT2D eigenvalue weighted by Crippen LogP contribution is -1.98. The van der Waals surface area contributed by atoms with Crippen LogP contribution in [-0.4, -0.2) is 19.9 Å². The molecule has 0 aliphatic heterocycles. The van der Waals surface area contributed by atoms with Crippen LogP contribution in [0, 0.1) is 0 Å². The summed E-state index contributed by atoms with van der Waals surface area (Å²) < 4.78 is 6.60. The van der Waals surface area contributed by atoms with Crippen molar-refractivity contribution in [2.24, 2.45) is 0 Å². The summed E-state index contributed by atoms with van der Waals surface area (Å²) in [4.78, 5) is 15.0. The molecule has 7 heteroatoms. The van der Waals surface area contributed by atoms with Crippen molar-refractivity contribution < 1.29 is 4.74 Å². The Morgan fingerprint density at radius 1 is 1.28 bits per heavy atom. The lowest BCUT2D eigenvalue weighted by molar-refractivity contribution is 0.468. The summed E-state index contributed by atoms with van der Waals surface area (Å²) in [5.41, 5.74) is 6.70. The molecule has 0 saturated heterocycles. The maximum absolute atomic E-state index is 5.68. The summed E-state index contributed by atoms with van der Waals surface area (Å²) >= 11 is 3.37. The molecule has 0 radical (unpaired) electrons. The second kappa shape index (κ2) is 4.26. The normalized spacial score (nSPS) is 10.7. The molecule has 0 unspecified atom stereocenters. The van der Waals surface area contributed by atoms with Crippen molar-refractivity contribution in [2.75, 3.05) is 5.73 Å². The molecule has 0 amide bonds. The lowest BCUT2D eigenvalue weighted by atomic mass is 10.3. The van der Waals surface area contributed by atoms with Gasteiger partial charge >= 0.3 is 0 Å². The largest absolute Gasteiger partial charge is 0.437 e. The number of anilines is 1. The zero-order valence-corrected chi connectivity index (χ0v) is 10.7. The third-order valence-corrected chi connectivity index (χ3v) is 2.77. The van der Waals surface area contributed by atoms with Crippen LogP contribution >= 0.6 is 15.9 Å². The average Bonchev–Trinajstić information content (AvgIpc) is 2.77. The molecule has 1 aromatic carbocycles. The van der Waals surface area contributed by atoms with E-state index in [9.17, 15) is 0 Å². The van der Waals surface area contributed by atoms with E-state index in [4.69, 9.17) is 10.5 Å². The number of fused-ring (bicyclic) bond motifs is 1. The topological polar surface area (TPSA) is 89.7 Å². The van der Waals surface area contributed by atoms with Gasteiger partial charge in [0.05, 0.1) is 6.33 Å². The zero-order valence-electron chi connectivity index (χ0n) is 9.09. The van der Waals surface area contributed by atoms with Gasteiger partial charge in [0.15, 0.2) is 5.65 Å². The SMILES string of the molecule is Nc1nc(Oc2cccc(Br)c2)c2[nH]cnc2n1. The molecule has 6 nitrogen and oxygen atoms in total. The molecule has 3 N–H and O–H groups in total. The molecular formula is C11H8BrN5O. The van der Waals surface area contributed by atoms with Crippen LogP contribution in [0.2, 0.25) is 0 Å². The fourth-order valence-electron chi connectivity index (χ4n) is 1.54. The number of nitrogens with one attached hydrogen (secondary N) is 1. The van der Waals surface area contributed by atoms with E-state index >= 15 is 0 Å². The molecule has 0 fully saturated rings. The van der Waals surface area contributed by atoms with Crippen molar-refractivity contribution in [1.82, 2.24) is 19.9 Å². The Bertz CT molecular complexity index is 711. The number of nitrogens with two attached hydrogens (primary N) is 1. The summed E-state index contributed by atoms with van der Waals surface area (Å²) in [6.45, 7) is 0. The minimum atomic E-state index is 0.125. The molecule has 0 aliphatic rings. The van der Waals surface area contributed by atoms with Gasteiger partial charge in [-0.15, -0.1) is 0 Å². The van der Waals surface area contributed by atoms with Gasteiger partial charge in [0.2, 0.25) is 5.95 Å². The van der Waals surface area contributed by atoms with Crippen LogP contribution in [0.3, 0.4) is 0 Å². The van der Waals surface area contributed by atoms with Gasteiger partial charge in [-0.1, -0.05) is 22.0 Å². The molecule has 2 heterocycles. The Morgan fingerprint density at radius 2 is 2.17 bits per heavy atom. The van der Waals surface area contributed by atoms with Crippen molar-refractivity contribution >= 4 is 33.0 Å². The summed E-state index contributed by atoms with van der Waals surface area (Å²) in [5, 5.41) is 0. The predicted molar refractivity (Wildman–Crippen MR) is 70.3 cm³/mol. The number of nitrogen functional groups attached to an aromatic ring is 1. The number of hydrogen-bond donors (Lipinski definition) is 2. The minimum absolute atomic E-state index is 0.125. The fourth-order valence-corrected chi connectivity index (χ4v) is 1.92. The van der Waals surface area contributed by atoms with Gasteiger partial charge in [0, 0.05) is 4.47 Å². The van der Waals surface area contributed by atoms with Crippen LogP contribution in [0.25, 0.3) is 11.2 Å². The number of H-pyrrole nitrogens is 1. The first-order chi connectivity index (χ1) is 8.72. The summed E-state index contributed by atoms with van der Waals surface area (Å²) in [6, 6.07) is 7.44. The van der Waals surface area contributed by atoms with E-state index in [0.29, 0.717) is 22.8 Å². The highest BCUT2D eigenvalue weighted by atomic mass is 79.9.